The number of hydrogen-bond acceptors (Lipinski definition) is 5. The molecule has 1 aromatic heterocycles. The Morgan fingerprint density at radius 2 is 2.04 bits per heavy atom. The molecule has 1 unspecified atom stereocenters. The van der Waals surface area contributed by atoms with E-state index in [-0.39, 0.29) is 30.8 Å². The molecule has 4 amide bonds. The number of nitrogens with zero attached hydrogens (tertiary/aromatic N) is 4. The summed E-state index contributed by atoms with van der Waals surface area (Å²) in [4.78, 5) is 47.6. The molecule has 26 heavy (non-hydrogen) atoms. The SMILES string of the molecule is CC(c1ccncn1)N(C)C(=O)c1ccccc1N1CCC(=O)NC1=O. The molecular formula is C18H19N5O3. The fourth-order valence-electron chi connectivity index (χ4n) is 2.80. The summed E-state index contributed by atoms with van der Waals surface area (Å²) < 4.78 is 0. The van der Waals surface area contributed by atoms with Gasteiger partial charge in [-0.15, -0.1) is 0 Å². The number of imide groups is 1. The molecule has 1 aromatic carbocycles. The number of hydrogen-bond donors (Lipinski definition) is 1. The maximum Gasteiger partial charge on any atom is 0.328 e. The summed E-state index contributed by atoms with van der Waals surface area (Å²) in [5, 5.41) is 2.28. The molecule has 0 bridgehead atoms. The lowest BCUT2D eigenvalue weighted by atomic mass is 10.1. The second kappa shape index (κ2) is 7.30. The zero-order valence-electron chi connectivity index (χ0n) is 14.5. The van der Waals surface area contributed by atoms with E-state index in [1.54, 1.807) is 48.5 Å². The molecule has 0 radical (unpaired) electrons. The topological polar surface area (TPSA) is 95.5 Å². The van der Waals surface area contributed by atoms with Gasteiger partial charge in [0.1, 0.15) is 6.33 Å². The predicted octanol–water partition coefficient (Wildman–Crippen LogP) is 1.76. The van der Waals surface area contributed by atoms with Crippen molar-refractivity contribution in [2.24, 2.45) is 0 Å². The van der Waals surface area contributed by atoms with Crippen LogP contribution in [0.5, 0.6) is 0 Å². The van der Waals surface area contributed by atoms with Gasteiger partial charge < -0.3 is 4.90 Å². The lowest BCUT2D eigenvalue weighted by Gasteiger charge is -2.30. The van der Waals surface area contributed by atoms with E-state index in [9.17, 15) is 14.4 Å². The quantitative estimate of drug-likeness (QED) is 0.903. The van der Waals surface area contributed by atoms with Crippen molar-refractivity contribution >= 4 is 23.5 Å². The molecule has 0 saturated carbocycles. The second-order valence-corrected chi connectivity index (χ2v) is 6.00. The van der Waals surface area contributed by atoms with E-state index in [1.807, 2.05) is 6.92 Å². The van der Waals surface area contributed by atoms with Crippen LogP contribution in [0.15, 0.2) is 42.9 Å². The van der Waals surface area contributed by atoms with Crippen molar-refractivity contribution in [3.8, 4) is 0 Å². The van der Waals surface area contributed by atoms with Crippen LogP contribution in [0.2, 0.25) is 0 Å². The number of carbonyl (C=O) groups excluding carboxylic acids is 3. The van der Waals surface area contributed by atoms with Crippen LogP contribution >= 0.6 is 0 Å². The lowest BCUT2D eigenvalue weighted by Crippen LogP contribution is -2.50. The summed E-state index contributed by atoms with van der Waals surface area (Å²) in [6, 6.07) is 7.83. The number of anilines is 1. The number of aromatic nitrogens is 2. The molecule has 1 atom stereocenters. The van der Waals surface area contributed by atoms with E-state index in [0.29, 0.717) is 11.3 Å². The predicted molar refractivity (Wildman–Crippen MR) is 94.5 cm³/mol. The van der Waals surface area contributed by atoms with Crippen molar-refractivity contribution in [3.63, 3.8) is 0 Å². The van der Waals surface area contributed by atoms with Crippen LogP contribution in [0.4, 0.5) is 10.5 Å². The maximum absolute atomic E-state index is 13.1. The van der Waals surface area contributed by atoms with Gasteiger partial charge in [0.25, 0.3) is 5.91 Å². The van der Waals surface area contributed by atoms with Gasteiger partial charge in [0.2, 0.25) is 5.91 Å². The lowest BCUT2D eigenvalue weighted by molar-refractivity contribution is -0.120. The Kier molecular flexibility index (Phi) is 4.92. The van der Waals surface area contributed by atoms with Gasteiger partial charge in [0.05, 0.1) is 23.0 Å². The van der Waals surface area contributed by atoms with Gasteiger partial charge in [-0.3, -0.25) is 19.8 Å². The van der Waals surface area contributed by atoms with E-state index in [1.165, 1.54) is 11.2 Å². The average Bonchev–Trinajstić information content (AvgIpc) is 2.67. The van der Waals surface area contributed by atoms with Crippen molar-refractivity contribution in [2.45, 2.75) is 19.4 Å². The van der Waals surface area contributed by atoms with Gasteiger partial charge in [0.15, 0.2) is 0 Å². The Hall–Kier alpha value is -3.29. The monoisotopic (exact) mass is 353 g/mol. The third kappa shape index (κ3) is 3.39. The number of amides is 4. The van der Waals surface area contributed by atoms with Crippen molar-refractivity contribution in [2.75, 3.05) is 18.5 Å². The van der Waals surface area contributed by atoms with E-state index in [2.05, 4.69) is 15.3 Å². The van der Waals surface area contributed by atoms with Gasteiger partial charge >= 0.3 is 6.03 Å². The number of benzene rings is 1. The van der Waals surface area contributed by atoms with Crippen molar-refractivity contribution in [3.05, 3.63) is 54.1 Å². The zero-order valence-corrected chi connectivity index (χ0v) is 14.5. The van der Waals surface area contributed by atoms with Crippen LogP contribution in [0.1, 0.15) is 35.4 Å². The number of rotatable bonds is 4. The minimum atomic E-state index is -0.520. The highest BCUT2D eigenvalue weighted by Gasteiger charge is 2.29. The standard InChI is InChI=1S/C18H19N5O3/c1-12(14-7-9-19-11-20-14)22(2)17(25)13-5-3-4-6-15(13)23-10-8-16(24)21-18(23)26/h3-7,9,11-12H,8,10H2,1-2H3,(H,21,24,26). The molecular weight excluding hydrogens is 334 g/mol. The van der Waals surface area contributed by atoms with Crippen LogP contribution in [0, 0.1) is 0 Å². The first kappa shape index (κ1) is 17.5. The molecule has 3 rings (SSSR count). The van der Waals surface area contributed by atoms with Gasteiger partial charge in [-0.25, -0.2) is 14.8 Å². The number of nitrogens with one attached hydrogen (secondary N) is 1. The highest BCUT2D eigenvalue weighted by atomic mass is 16.2. The van der Waals surface area contributed by atoms with Crippen molar-refractivity contribution in [1.29, 1.82) is 0 Å². The first-order chi connectivity index (χ1) is 12.5. The van der Waals surface area contributed by atoms with Gasteiger partial charge in [0, 0.05) is 26.2 Å². The van der Waals surface area contributed by atoms with E-state index < -0.39 is 6.03 Å². The second-order valence-electron chi connectivity index (χ2n) is 6.00. The highest BCUT2D eigenvalue weighted by molar-refractivity contribution is 6.09. The maximum atomic E-state index is 13.1. The third-order valence-corrected chi connectivity index (χ3v) is 4.41. The Balaban J connectivity index is 1.88. The number of carbonyl (C=O) groups is 3. The molecule has 0 aliphatic carbocycles. The summed E-state index contributed by atoms with van der Waals surface area (Å²) in [6.07, 6.45) is 3.26. The molecule has 0 spiro atoms. The molecule has 8 nitrogen and oxygen atoms in total. The van der Waals surface area contributed by atoms with Gasteiger partial charge in [-0.05, 0) is 25.1 Å². The summed E-state index contributed by atoms with van der Waals surface area (Å²) in [5.74, 6) is -0.555. The third-order valence-electron chi connectivity index (χ3n) is 4.41. The molecule has 2 aromatic rings. The van der Waals surface area contributed by atoms with Crippen molar-refractivity contribution < 1.29 is 14.4 Å². The molecule has 134 valence electrons. The first-order valence-electron chi connectivity index (χ1n) is 8.22. The van der Waals surface area contributed by atoms with E-state index in [0.717, 1.165) is 5.69 Å². The normalized spacial score (nSPS) is 15.4. The molecule has 1 saturated heterocycles. The fourth-order valence-corrected chi connectivity index (χ4v) is 2.80. The minimum absolute atomic E-state index is 0.196. The first-order valence-corrected chi connectivity index (χ1v) is 8.22. The van der Waals surface area contributed by atoms with Crippen molar-refractivity contribution in [1.82, 2.24) is 20.2 Å². The molecule has 1 aliphatic heterocycles. The summed E-state index contributed by atoms with van der Waals surface area (Å²) >= 11 is 0. The molecule has 1 fully saturated rings. The van der Waals surface area contributed by atoms with Crippen LogP contribution in [-0.2, 0) is 4.79 Å². The summed E-state index contributed by atoms with van der Waals surface area (Å²) in [7, 11) is 1.69. The molecule has 1 N–H and O–H groups in total. The largest absolute Gasteiger partial charge is 0.333 e. The smallest absolute Gasteiger partial charge is 0.328 e. The highest BCUT2D eigenvalue weighted by Crippen LogP contribution is 2.26. The summed E-state index contributed by atoms with van der Waals surface area (Å²) in [5.41, 5.74) is 1.58. The van der Waals surface area contributed by atoms with Gasteiger partial charge in [-0.2, -0.15) is 0 Å². The zero-order chi connectivity index (χ0) is 18.7. The molecule has 8 heteroatoms. The van der Waals surface area contributed by atoms with Crippen LogP contribution < -0.4 is 10.2 Å². The Bertz CT molecular complexity index is 840. The Morgan fingerprint density at radius 1 is 1.27 bits per heavy atom. The Morgan fingerprint density at radius 3 is 2.73 bits per heavy atom. The molecule has 1 aliphatic rings. The van der Waals surface area contributed by atoms with Crippen LogP contribution in [0.25, 0.3) is 0 Å². The Labute approximate surface area is 150 Å². The summed E-state index contributed by atoms with van der Waals surface area (Å²) in [6.45, 7) is 2.11. The fraction of sp³-hybridized carbons (Fsp3) is 0.278. The molecule has 2 heterocycles. The van der Waals surface area contributed by atoms with E-state index in [4.69, 9.17) is 0 Å². The van der Waals surface area contributed by atoms with E-state index >= 15 is 0 Å². The van der Waals surface area contributed by atoms with Crippen LogP contribution in [0.3, 0.4) is 0 Å². The minimum Gasteiger partial charge on any atom is -0.333 e. The van der Waals surface area contributed by atoms with Gasteiger partial charge in [-0.1, -0.05) is 12.1 Å². The number of para-hydroxylation sites is 1. The van der Waals surface area contributed by atoms with Crippen LogP contribution in [-0.4, -0.2) is 46.3 Å². The number of urea groups is 1. The average molecular weight is 353 g/mol.